The number of hydrogen-bond donors (Lipinski definition) is 2. The van der Waals surface area contributed by atoms with Crippen LogP contribution in [0, 0.1) is 5.92 Å². The van der Waals surface area contributed by atoms with Crippen molar-refractivity contribution < 1.29 is 0 Å². The van der Waals surface area contributed by atoms with Crippen molar-refractivity contribution in [3.63, 3.8) is 0 Å². The van der Waals surface area contributed by atoms with Gasteiger partial charge >= 0.3 is 0 Å². The van der Waals surface area contributed by atoms with Gasteiger partial charge in [-0.05, 0) is 51.7 Å². The second-order valence-corrected chi connectivity index (χ2v) is 4.91. The Hall–Kier alpha value is -0.770. The van der Waals surface area contributed by atoms with Gasteiger partial charge < -0.3 is 15.5 Å². The lowest BCUT2D eigenvalue weighted by Crippen LogP contribution is -2.39. The van der Waals surface area contributed by atoms with Crippen LogP contribution in [-0.4, -0.2) is 50.6 Å². The Kier molecular flexibility index (Phi) is 7.01. The molecule has 1 heterocycles. The van der Waals surface area contributed by atoms with Crippen LogP contribution in [-0.2, 0) is 0 Å². The van der Waals surface area contributed by atoms with E-state index in [-0.39, 0.29) is 0 Å². The molecule has 1 fully saturated rings. The first-order valence-corrected chi connectivity index (χ1v) is 6.93. The predicted octanol–water partition coefficient (Wildman–Crippen LogP) is 1.29. The number of rotatable bonds is 5. The van der Waals surface area contributed by atoms with Gasteiger partial charge in [-0.2, -0.15) is 0 Å². The number of nitrogens with one attached hydrogen (secondary N) is 2. The molecule has 1 saturated heterocycles. The Morgan fingerprint density at radius 1 is 1.29 bits per heavy atom. The monoisotopic (exact) mass is 240 g/mol. The first kappa shape index (κ1) is 14.3. The quantitative estimate of drug-likeness (QED) is 0.432. The largest absolute Gasteiger partial charge is 0.357 e. The Labute approximate surface area is 106 Å². The average Bonchev–Trinajstić information content (AvgIpc) is 2.35. The van der Waals surface area contributed by atoms with E-state index in [9.17, 15) is 0 Å². The van der Waals surface area contributed by atoms with Gasteiger partial charge in [0.25, 0.3) is 0 Å². The minimum atomic E-state index is 0.916. The summed E-state index contributed by atoms with van der Waals surface area (Å²) >= 11 is 0. The molecule has 0 unspecified atom stereocenters. The van der Waals surface area contributed by atoms with Crippen molar-refractivity contribution in [1.82, 2.24) is 15.5 Å². The van der Waals surface area contributed by atoms with Crippen LogP contribution < -0.4 is 10.6 Å². The molecule has 0 atom stereocenters. The topological polar surface area (TPSA) is 39.7 Å². The molecule has 0 aromatic carbocycles. The normalized spacial score (nSPS) is 19.4. The maximum atomic E-state index is 4.15. The summed E-state index contributed by atoms with van der Waals surface area (Å²) < 4.78 is 0. The first-order valence-electron chi connectivity index (χ1n) is 6.93. The summed E-state index contributed by atoms with van der Waals surface area (Å²) in [6.07, 6.45) is 3.93. The van der Waals surface area contributed by atoms with Crippen LogP contribution >= 0.6 is 0 Å². The molecule has 0 amide bonds. The molecule has 1 aliphatic rings. The van der Waals surface area contributed by atoms with Crippen molar-refractivity contribution in [2.45, 2.75) is 33.1 Å². The number of aliphatic imine (C=N–C) groups is 1. The van der Waals surface area contributed by atoms with Gasteiger partial charge in [-0.25, -0.2) is 0 Å². The molecule has 0 aromatic rings. The predicted molar refractivity (Wildman–Crippen MR) is 74.5 cm³/mol. The Balaban J connectivity index is 2.04. The number of nitrogens with zero attached hydrogens (tertiary/aromatic N) is 2. The van der Waals surface area contributed by atoms with E-state index in [1.807, 2.05) is 7.05 Å². The van der Waals surface area contributed by atoms with Crippen molar-refractivity contribution >= 4 is 5.96 Å². The van der Waals surface area contributed by atoms with E-state index in [0.717, 1.165) is 25.0 Å². The summed E-state index contributed by atoms with van der Waals surface area (Å²) in [6.45, 7) is 10.1. The van der Waals surface area contributed by atoms with Crippen LogP contribution in [0.1, 0.15) is 33.1 Å². The lowest BCUT2D eigenvalue weighted by molar-refractivity contribution is 0.191. The van der Waals surface area contributed by atoms with E-state index in [0.29, 0.717) is 0 Å². The van der Waals surface area contributed by atoms with E-state index >= 15 is 0 Å². The number of likely N-dealkylation sites (tertiary alicyclic amines) is 1. The number of piperidine rings is 1. The van der Waals surface area contributed by atoms with Gasteiger partial charge in [-0.15, -0.1) is 0 Å². The molecule has 0 aliphatic carbocycles. The second-order valence-electron chi connectivity index (χ2n) is 4.91. The van der Waals surface area contributed by atoms with Gasteiger partial charge in [0.05, 0.1) is 0 Å². The van der Waals surface area contributed by atoms with E-state index in [2.05, 4.69) is 34.4 Å². The molecule has 4 heteroatoms. The zero-order valence-corrected chi connectivity index (χ0v) is 11.6. The zero-order valence-electron chi connectivity index (χ0n) is 11.6. The van der Waals surface area contributed by atoms with Gasteiger partial charge in [0.2, 0.25) is 0 Å². The van der Waals surface area contributed by atoms with Gasteiger partial charge in [0.1, 0.15) is 0 Å². The molecular weight excluding hydrogens is 212 g/mol. The van der Waals surface area contributed by atoms with Crippen LogP contribution in [0.4, 0.5) is 0 Å². The summed E-state index contributed by atoms with van der Waals surface area (Å²) in [7, 11) is 1.82. The van der Waals surface area contributed by atoms with Gasteiger partial charge in [0.15, 0.2) is 5.96 Å². The van der Waals surface area contributed by atoms with Crippen molar-refractivity contribution in [2.75, 3.05) is 39.8 Å². The molecule has 1 aliphatic heterocycles. The maximum absolute atomic E-state index is 4.15. The molecule has 0 saturated carbocycles. The number of guanidine groups is 1. The smallest absolute Gasteiger partial charge is 0.190 e. The van der Waals surface area contributed by atoms with Gasteiger partial charge in [0, 0.05) is 20.1 Å². The molecule has 100 valence electrons. The molecule has 0 bridgehead atoms. The minimum absolute atomic E-state index is 0.916. The van der Waals surface area contributed by atoms with E-state index in [1.54, 1.807) is 0 Å². The average molecular weight is 240 g/mol. The zero-order chi connectivity index (χ0) is 12.5. The van der Waals surface area contributed by atoms with E-state index in [1.165, 1.54) is 38.9 Å². The van der Waals surface area contributed by atoms with Gasteiger partial charge in [-0.1, -0.05) is 6.92 Å². The highest BCUT2D eigenvalue weighted by Crippen LogP contribution is 2.15. The molecule has 17 heavy (non-hydrogen) atoms. The van der Waals surface area contributed by atoms with E-state index in [4.69, 9.17) is 0 Å². The molecule has 0 aromatic heterocycles. The van der Waals surface area contributed by atoms with Gasteiger partial charge in [-0.3, -0.25) is 4.99 Å². The summed E-state index contributed by atoms with van der Waals surface area (Å²) in [5.41, 5.74) is 0. The van der Waals surface area contributed by atoms with E-state index < -0.39 is 0 Å². The molecule has 2 N–H and O–H groups in total. The standard InChI is InChI=1S/C13H28N4/c1-4-15-13(14-3)16-8-5-9-17-10-6-12(2)7-11-17/h12H,4-11H2,1-3H3,(H2,14,15,16). The van der Waals surface area contributed by atoms with Crippen LogP contribution in [0.15, 0.2) is 4.99 Å². The van der Waals surface area contributed by atoms with Crippen LogP contribution in [0.25, 0.3) is 0 Å². The summed E-state index contributed by atoms with van der Waals surface area (Å²) in [6, 6.07) is 0. The summed E-state index contributed by atoms with van der Waals surface area (Å²) in [5.74, 6) is 1.84. The lowest BCUT2D eigenvalue weighted by atomic mass is 9.99. The fourth-order valence-electron chi connectivity index (χ4n) is 2.18. The molecular formula is C13H28N4. The van der Waals surface area contributed by atoms with Crippen molar-refractivity contribution in [3.8, 4) is 0 Å². The molecule has 0 spiro atoms. The Morgan fingerprint density at radius 3 is 2.59 bits per heavy atom. The molecule has 0 radical (unpaired) electrons. The SMILES string of the molecule is CCNC(=NC)NCCCN1CCC(C)CC1. The summed E-state index contributed by atoms with van der Waals surface area (Å²) in [4.78, 5) is 6.73. The van der Waals surface area contributed by atoms with Crippen molar-refractivity contribution in [3.05, 3.63) is 0 Å². The lowest BCUT2D eigenvalue weighted by Gasteiger charge is -2.30. The van der Waals surface area contributed by atoms with Crippen LogP contribution in [0.2, 0.25) is 0 Å². The van der Waals surface area contributed by atoms with Crippen molar-refractivity contribution in [1.29, 1.82) is 0 Å². The third-order valence-electron chi connectivity index (χ3n) is 3.39. The summed E-state index contributed by atoms with van der Waals surface area (Å²) in [5, 5.41) is 6.53. The Bertz CT molecular complexity index is 219. The minimum Gasteiger partial charge on any atom is -0.357 e. The molecule has 1 rings (SSSR count). The van der Waals surface area contributed by atoms with Crippen LogP contribution in [0.5, 0.6) is 0 Å². The van der Waals surface area contributed by atoms with Crippen molar-refractivity contribution in [2.24, 2.45) is 10.9 Å². The first-order chi connectivity index (χ1) is 8.26. The fraction of sp³-hybridized carbons (Fsp3) is 0.923. The highest BCUT2D eigenvalue weighted by Gasteiger charge is 2.14. The Morgan fingerprint density at radius 2 is 2.00 bits per heavy atom. The maximum Gasteiger partial charge on any atom is 0.190 e. The molecule has 4 nitrogen and oxygen atoms in total. The number of hydrogen-bond acceptors (Lipinski definition) is 2. The third kappa shape index (κ3) is 5.91. The highest BCUT2D eigenvalue weighted by molar-refractivity contribution is 5.79. The second kappa shape index (κ2) is 8.34. The fourth-order valence-corrected chi connectivity index (χ4v) is 2.18. The third-order valence-corrected chi connectivity index (χ3v) is 3.39. The highest BCUT2D eigenvalue weighted by atomic mass is 15.2. The van der Waals surface area contributed by atoms with Crippen LogP contribution in [0.3, 0.4) is 0 Å².